The zero-order chi connectivity index (χ0) is 31.2. The number of urea groups is 1. The molecule has 1 aromatic carbocycles. The molecule has 10 heteroatoms. The van der Waals surface area contributed by atoms with Crippen molar-refractivity contribution >= 4 is 29.4 Å². The van der Waals surface area contributed by atoms with Gasteiger partial charge >= 0.3 is 6.03 Å². The van der Waals surface area contributed by atoms with E-state index in [-0.39, 0.29) is 41.9 Å². The van der Waals surface area contributed by atoms with E-state index in [1.54, 1.807) is 4.90 Å². The summed E-state index contributed by atoms with van der Waals surface area (Å²) in [5.41, 5.74) is 1.09. The summed E-state index contributed by atoms with van der Waals surface area (Å²) in [6.07, 6.45) is 11.2. The van der Waals surface area contributed by atoms with E-state index in [2.05, 4.69) is 27.4 Å². The van der Waals surface area contributed by atoms with Crippen LogP contribution >= 0.6 is 11.6 Å². The lowest BCUT2D eigenvalue weighted by Gasteiger charge is -2.48. The van der Waals surface area contributed by atoms with Crippen molar-refractivity contribution in [2.45, 2.75) is 108 Å². The molecule has 2 aliphatic heterocycles. The molecule has 0 unspecified atom stereocenters. The van der Waals surface area contributed by atoms with Crippen LogP contribution in [0.1, 0.15) is 76.7 Å². The van der Waals surface area contributed by atoms with Crippen molar-refractivity contribution in [2.75, 3.05) is 46.8 Å². The Kier molecular flexibility index (Phi) is 11.5. The first kappa shape index (κ1) is 33.0. The lowest BCUT2D eigenvalue weighted by molar-refractivity contribution is -0.136. The molecular formula is C34H53ClN6O3. The largest absolute Gasteiger partial charge is 0.354 e. The van der Waals surface area contributed by atoms with E-state index >= 15 is 0 Å². The van der Waals surface area contributed by atoms with Gasteiger partial charge in [-0.25, -0.2) is 4.79 Å². The van der Waals surface area contributed by atoms with Gasteiger partial charge in [-0.3, -0.25) is 14.5 Å². The van der Waals surface area contributed by atoms with Crippen LogP contribution in [0.5, 0.6) is 0 Å². The Bertz CT molecular complexity index is 1120. The Labute approximate surface area is 269 Å². The summed E-state index contributed by atoms with van der Waals surface area (Å²) in [6, 6.07) is 8.76. The van der Waals surface area contributed by atoms with Crippen molar-refractivity contribution in [1.29, 1.82) is 0 Å². The highest BCUT2D eigenvalue weighted by atomic mass is 35.5. The first-order chi connectivity index (χ1) is 21.2. The molecule has 2 N–H and O–H groups in total. The predicted octanol–water partition coefficient (Wildman–Crippen LogP) is 4.14. The fourth-order valence-corrected chi connectivity index (χ4v) is 8.19. The van der Waals surface area contributed by atoms with Crippen LogP contribution < -0.4 is 10.6 Å². The summed E-state index contributed by atoms with van der Waals surface area (Å²) in [5.74, 6) is 0.478. The zero-order valence-electron chi connectivity index (χ0n) is 27.0. The third kappa shape index (κ3) is 8.26. The van der Waals surface area contributed by atoms with Crippen molar-refractivity contribution in [3.05, 3.63) is 34.9 Å². The molecule has 2 saturated heterocycles. The molecule has 4 amide bonds. The third-order valence-corrected chi connectivity index (χ3v) is 10.7. The normalized spacial score (nSPS) is 27.8. The number of hydrogen-bond acceptors (Lipinski definition) is 5. The molecule has 244 valence electrons. The summed E-state index contributed by atoms with van der Waals surface area (Å²) in [7, 11) is 3.70. The summed E-state index contributed by atoms with van der Waals surface area (Å²) in [5, 5.41) is 7.41. The second-order valence-corrected chi connectivity index (χ2v) is 14.3. The predicted molar refractivity (Wildman–Crippen MR) is 175 cm³/mol. The summed E-state index contributed by atoms with van der Waals surface area (Å²) in [4.78, 5) is 47.9. The lowest BCUT2D eigenvalue weighted by atomic mass is 9.87. The molecule has 0 bridgehead atoms. The van der Waals surface area contributed by atoms with Gasteiger partial charge < -0.3 is 25.3 Å². The molecule has 44 heavy (non-hydrogen) atoms. The molecule has 2 heterocycles. The van der Waals surface area contributed by atoms with Gasteiger partial charge in [-0.2, -0.15) is 0 Å². The highest BCUT2D eigenvalue weighted by Gasteiger charge is 2.40. The highest BCUT2D eigenvalue weighted by Crippen LogP contribution is 2.32. The number of hydrogen-bond donors (Lipinski definition) is 2. The Balaban J connectivity index is 1.24. The molecule has 0 aromatic heterocycles. The Morgan fingerprint density at radius 2 is 1.70 bits per heavy atom. The van der Waals surface area contributed by atoms with Gasteiger partial charge in [0.05, 0.1) is 12.6 Å². The van der Waals surface area contributed by atoms with Crippen LogP contribution in [0.25, 0.3) is 0 Å². The van der Waals surface area contributed by atoms with E-state index in [0.29, 0.717) is 43.2 Å². The Morgan fingerprint density at radius 1 is 1.00 bits per heavy atom. The molecule has 3 atom stereocenters. The van der Waals surface area contributed by atoms with E-state index in [1.165, 1.54) is 19.3 Å². The average molecular weight is 629 g/mol. The van der Waals surface area contributed by atoms with E-state index in [0.717, 1.165) is 63.6 Å². The minimum Gasteiger partial charge on any atom is -0.354 e. The monoisotopic (exact) mass is 628 g/mol. The van der Waals surface area contributed by atoms with Crippen LogP contribution in [-0.4, -0.2) is 114 Å². The van der Waals surface area contributed by atoms with Crippen molar-refractivity contribution < 1.29 is 14.4 Å². The topological polar surface area (TPSA) is 88.2 Å². The maximum absolute atomic E-state index is 14.3. The molecule has 4 fully saturated rings. The zero-order valence-corrected chi connectivity index (χ0v) is 27.7. The number of nitrogens with zero attached hydrogens (tertiary/aromatic N) is 4. The Hall–Kier alpha value is -2.36. The molecular weight excluding hydrogens is 576 g/mol. The number of halogens is 1. The summed E-state index contributed by atoms with van der Waals surface area (Å²) >= 11 is 6.18. The lowest BCUT2D eigenvalue weighted by Crippen LogP contribution is -2.60. The Morgan fingerprint density at radius 3 is 2.34 bits per heavy atom. The number of carbonyl (C=O) groups excluding carboxylic acids is 3. The number of nitrogens with one attached hydrogen (secondary N) is 2. The van der Waals surface area contributed by atoms with Crippen molar-refractivity contribution in [1.82, 2.24) is 30.2 Å². The second kappa shape index (κ2) is 15.3. The molecule has 0 spiro atoms. The van der Waals surface area contributed by atoms with Crippen LogP contribution in [0.3, 0.4) is 0 Å². The maximum Gasteiger partial charge on any atom is 0.319 e. The first-order valence-corrected chi connectivity index (χ1v) is 17.4. The number of likely N-dealkylation sites (tertiary alicyclic amines) is 1. The second-order valence-electron chi connectivity index (χ2n) is 13.9. The van der Waals surface area contributed by atoms with Crippen molar-refractivity contribution in [3.8, 4) is 0 Å². The fourth-order valence-electron chi connectivity index (χ4n) is 8.06. The molecule has 2 aliphatic carbocycles. The number of carbonyl (C=O) groups is 3. The van der Waals surface area contributed by atoms with Crippen LogP contribution in [-0.2, 0) is 16.0 Å². The van der Waals surface area contributed by atoms with Crippen LogP contribution in [0, 0.1) is 5.92 Å². The van der Waals surface area contributed by atoms with E-state index in [4.69, 9.17) is 11.6 Å². The van der Waals surface area contributed by atoms with E-state index < -0.39 is 0 Å². The molecule has 2 saturated carbocycles. The van der Waals surface area contributed by atoms with Gasteiger partial charge in [0.2, 0.25) is 11.8 Å². The van der Waals surface area contributed by atoms with E-state index in [1.807, 2.05) is 43.3 Å². The average Bonchev–Trinajstić information content (AvgIpc) is 3.03. The van der Waals surface area contributed by atoms with Gasteiger partial charge in [0.15, 0.2) is 0 Å². The van der Waals surface area contributed by atoms with Crippen LogP contribution in [0.15, 0.2) is 24.3 Å². The fraction of sp³-hybridized carbons (Fsp3) is 0.735. The standard InChI is InChI=1S/C34H53ClN6O3/c1-24-22-40(19-17-31(24)41(34(44)38(2)3)29-7-5-4-6-8-29)33(43)30(21-25-9-11-26(35)12-10-25)37-27-13-15-28(16-14-27)39-20-18-36-32(42)23-39/h9-12,24,27-31,37H,4-8,13-23H2,1-3H3,(H,36,42)/t24-,27?,28?,30-,31-/m1/s1. The van der Waals surface area contributed by atoms with Crippen LogP contribution in [0.4, 0.5) is 4.79 Å². The quantitative estimate of drug-likeness (QED) is 0.452. The molecule has 9 nitrogen and oxygen atoms in total. The maximum atomic E-state index is 14.3. The summed E-state index contributed by atoms with van der Waals surface area (Å²) < 4.78 is 0. The van der Waals surface area contributed by atoms with Gasteiger partial charge in [0.1, 0.15) is 0 Å². The summed E-state index contributed by atoms with van der Waals surface area (Å²) in [6.45, 7) is 5.68. The smallest absolute Gasteiger partial charge is 0.319 e. The van der Waals surface area contributed by atoms with Crippen molar-refractivity contribution in [2.24, 2.45) is 5.92 Å². The molecule has 5 rings (SSSR count). The number of rotatable bonds is 8. The number of piperazine rings is 1. The SMILES string of the molecule is C[C@@H]1CN(C(=O)[C@@H](Cc2ccc(Cl)cc2)NC2CCC(N3CCNC(=O)C3)CC2)CC[C@H]1N(C(=O)N(C)C)C1CCCCC1. The van der Waals surface area contributed by atoms with Gasteiger partial charge in [-0.1, -0.05) is 49.9 Å². The molecule has 0 radical (unpaired) electrons. The minimum absolute atomic E-state index is 0.108. The first-order valence-electron chi connectivity index (χ1n) is 17.0. The van der Waals surface area contributed by atoms with Gasteiger partial charge in [0, 0.05) is 69.5 Å². The number of piperidine rings is 1. The van der Waals surface area contributed by atoms with Crippen LogP contribution in [0.2, 0.25) is 5.02 Å². The highest BCUT2D eigenvalue weighted by molar-refractivity contribution is 6.30. The molecule has 4 aliphatic rings. The van der Waals surface area contributed by atoms with Gasteiger partial charge in [0.25, 0.3) is 0 Å². The molecule has 1 aromatic rings. The van der Waals surface area contributed by atoms with E-state index in [9.17, 15) is 14.4 Å². The van der Waals surface area contributed by atoms with Gasteiger partial charge in [-0.05, 0) is 75.0 Å². The minimum atomic E-state index is -0.319. The number of amides is 4. The third-order valence-electron chi connectivity index (χ3n) is 10.5. The van der Waals surface area contributed by atoms with Gasteiger partial charge in [-0.15, -0.1) is 0 Å². The number of benzene rings is 1. The van der Waals surface area contributed by atoms with Crippen molar-refractivity contribution in [3.63, 3.8) is 0 Å².